The van der Waals surface area contributed by atoms with Crippen LogP contribution in [0.2, 0.25) is 0 Å². The van der Waals surface area contributed by atoms with E-state index in [0.29, 0.717) is 0 Å². The molecule has 3 heterocycles. The molecule has 1 aliphatic carbocycles. The van der Waals surface area contributed by atoms with E-state index in [1.807, 2.05) is 0 Å². The second-order valence-corrected chi connectivity index (χ2v) is 8.71. The number of aromatic nitrogens is 6. The maximum Gasteiger partial charge on any atom is 0.336 e. The molecule has 0 bridgehead atoms. The molecule has 1 saturated carbocycles. The first-order valence-electron chi connectivity index (χ1n) is 11.1. The van der Waals surface area contributed by atoms with Crippen molar-refractivity contribution in [1.82, 2.24) is 29.6 Å². The third-order valence-corrected chi connectivity index (χ3v) is 6.09. The van der Waals surface area contributed by atoms with E-state index in [1.165, 1.54) is 41.2 Å². The maximum absolute atomic E-state index is 15.6. The Hall–Kier alpha value is -4.35. The molecule has 0 atom stereocenters. The first-order valence-corrected chi connectivity index (χ1v) is 11.1. The average molecular weight is 495 g/mol. The summed E-state index contributed by atoms with van der Waals surface area (Å²) in [4.78, 5) is 11.9. The van der Waals surface area contributed by atoms with E-state index < -0.39 is 28.9 Å². The Morgan fingerprint density at radius 3 is 2.61 bits per heavy atom. The first-order chi connectivity index (χ1) is 17.2. The summed E-state index contributed by atoms with van der Waals surface area (Å²) < 4.78 is 63.0. The van der Waals surface area contributed by atoms with Crippen LogP contribution in [0.25, 0.3) is 27.8 Å². The van der Waals surface area contributed by atoms with Gasteiger partial charge in [-0.2, -0.15) is 23.5 Å². The fourth-order valence-corrected chi connectivity index (χ4v) is 4.04. The molecular formula is C24H17F4N7O. The summed E-state index contributed by atoms with van der Waals surface area (Å²) in [6.45, 7) is 0. The molecule has 0 aliphatic heterocycles. The number of nitrogens with one attached hydrogen (secondary N) is 1. The molecule has 6 rings (SSSR count). The molecule has 1 aliphatic rings. The van der Waals surface area contributed by atoms with Crippen LogP contribution in [0.3, 0.4) is 0 Å². The van der Waals surface area contributed by atoms with Crippen LogP contribution in [0.15, 0.2) is 48.7 Å². The van der Waals surface area contributed by atoms with E-state index in [0.717, 1.165) is 29.5 Å². The summed E-state index contributed by atoms with van der Waals surface area (Å²) in [5.74, 6) is -6.93. The average Bonchev–Trinajstić information content (AvgIpc) is 3.49. The van der Waals surface area contributed by atoms with Crippen LogP contribution in [0, 0.1) is 17.6 Å². The largest absolute Gasteiger partial charge is 0.336 e. The van der Waals surface area contributed by atoms with Gasteiger partial charge in [-0.1, -0.05) is 6.07 Å². The molecule has 0 unspecified atom stereocenters. The second kappa shape index (κ2) is 7.83. The lowest BCUT2D eigenvalue weighted by Gasteiger charge is -2.16. The van der Waals surface area contributed by atoms with Crippen molar-refractivity contribution < 1.29 is 22.4 Å². The van der Waals surface area contributed by atoms with Gasteiger partial charge in [0, 0.05) is 24.7 Å². The molecule has 1 fully saturated rings. The van der Waals surface area contributed by atoms with E-state index in [1.54, 1.807) is 7.05 Å². The Bertz CT molecular complexity index is 1670. The Labute approximate surface area is 200 Å². The van der Waals surface area contributed by atoms with Crippen LogP contribution in [-0.4, -0.2) is 35.5 Å². The third kappa shape index (κ3) is 3.56. The van der Waals surface area contributed by atoms with Crippen molar-refractivity contribution in [3.8, 4) is 11.3 Å². The number of fused-ring (bicyclic) bond motifs is 2. The van der Waals surface area contributed by atoms with Gasteiger partial charge in [0.25, 0.3) is 0 Å². The summed E-state index contributed by atoms with van der Waals surface area (Å²) >= 11 is 0. The van der Waals surface area contributed by atoms with Gasteiger partial charge in [-0.25, -0.2) is 8.78 Å². The second-order valence-electron chi connectivity index (χ2n) is 8.71. The van der Waals surface area contributed by atoms with Crippen molar-refractivity contribution in [2.24, 2.45) is 13.0 Å². The molecule has 1 amide bonds. The van der Waals surface area contributed by atoms with Crippen LogP contribution in [0.4, 0.5) is 23.2 Å². The lowest BCUT2D eigenvalue weighted by molar-refractivity contribution is -0.117. The number of hydrogen-bond donors (Lipinski definition) is 1. The molecule has 182 valence electrons. The lowest BCUT2D eigenvalue weighted by Crippen LogP contribution is -2.22. The highest BCUT2D eigenvalue weighted by atomic mass is 19.3. The molecule has 0 spiro atoms. The highest BCUT2D eigenvalue weighted by Crippen LogP contribution is 2.38. The summed E-state index contributed by atoms with van der Waals surface area (Å²) in [5, 5.41) is 18.0. The Morgan fingerprint density at radius 2 is 1.86 bits per heavy atom. The van der Waals surface area contributed by atoms with Gasteiger partial charge < -0.3 is 5.32 Å². The number of carbonyl (C=O) groups excluding carboxylic acids is 1. The minimum Gasteiger partial charge on any atom is -0.323 e. The SMILES string of the molecule is Cn1cc2c(F)c(C(F)(F)c3nnc4ccc(-c5ccc(NC(=O)C6CC6)c(F)c5)nn34)ccc2n1. The zero-order valence-corrected chi connectivity index (χ0v) is 18.7. The van der Waals surface area contributed by atoms with Crippen molar-refractivity contribution in [3.63, 3.8) is 0 Å². The van der Waals surface area contributed by atoms with Crippen LogP contribution >= 0.6 is 0 Å². The number of anilines is 1. The summed E-state index contributed by atoms with van der Waals surface area (Å²) in [7, 11) is 1.56. The van der Waals surface area contributed by atoms with E-state index in [2.05, 4.69) is 25.7 Å². The van der Waals surface area contributed by atoms with Crippen LogP contribution in [0.5, 0.6) is 0 Å². The van der Waals surface area contributed by atoms with Crippen molar-refractivity contribution in [2.75, 3.05) is 5.32 Å². The zero-order valence-electron chi connectivity index (χ0n) is 18.7. The van der Waals surface area contributed by atoms with Crippen molar-refractivity contribution in [1.29, 1.82) is 0 Å². The lowest BCUT2D eigenvalue weighted by atomic mass is 10.0. The molecule has 0 saturated heterocycles. The fourth-order valence-electron chi connectivity index (χ4n) is 4.04. The normalized spacial score (nSPS) is 14.0. The van der Waals surface area contributed by atoms with Gasteiger partial charge in [0.2, 0.25) is 11.7 Å². The topological polar surface area (TPSA) is 90.0 Å². The minimum absolute atomic E-state index is 0.00470. The van der Waals surface area contributed by atoms with Crippen molar-refractivity contribution in [3.05, 3.63) is 71.7 Å². The van der Waals surface area contributed by atoms with Gasteiger partial charge in [-0.15, -0.1) is 10.2 Å². The number of hydrogen-bond acceptors (Lipinski definition) is 5. The van der Waals surface area contributed by atoms with Gasteiger partial charge >= 0.3 is 5.92 Å². The smallest absolute Gasteiger partial charge is 0.323 e. The van der Waals surface area contributed by atoms with Gasteiger partial charge in [-0.3, -0.25) is 9.48 Å². The molecular weight excluding hydrogens is 478 g/mol. The number of amides is 1. The number of alkyl halides is 2. The number of carbonyl (C=O) groups is 1. The third-order valence-electron chi connectivity index (χ3n) is 6.09. The summed E-state index contributed by atoms with van der Waals surface area (Å²) in [6, 6.07) is 9.18. The van der Waals surface area contributed by atoms with Gasteiger partial charge in [0.05, 0.1) is 27.8 Å². The van der Waals surface area contributed by atoms with E-state index in [9.17, 15) is 9.18 Å². The number of rotatable bonds is 5. The zero-order chi connectivity index (χ0) is 25.2. The van der Waals surface area contributed by atoms with Crippen molar-refractivity contribution >= 4 is 28.1 Å². The standard InChI is InChI=1S/C24H17F4N7O/c1-34-11-14-18(32-34)7-5-15(21(14)26)24(27,28)23-31-30-20-9-8-17(33-35(20)23)13-4-6-19(16(25)10-13)29-22(36)12-2-3-12/h4-12H,2-3H2,1H3,(H,29,36). The molecule has 3 aromatic heterocycles. The molecule has 2 aromatic carbocycles. The quantitative estimate of drug-likeness (QED) is 0.364. The van der Waals surface area contributed by atoms with Crippen LogP contribution in [-0.2, 0) is 17.8 Å². The number of aryl methyl sites for hydroxylation is 1. The predicted molar refractivity (Wildman–Crippen MR) is 121 cm³/mol. The maximum atomic E-state index is 15.6. The molecule has 5 aromatic rings. The molecule has 36 heavy (non-hydrogen) atoms. The Morgan fingerprint density at radius 1 is 1.06 bits per heavy atom. The highest BCUT2D eigenvalue weighted by Gasteiger charge is 2.43. The molecule has 12 heteroatoms. The fraction of sp³-hybridized carbons (Fsp3) is 0.208. The summed E-state index contributed by atoms with van der Waals surface area (Å²) in [6.07, 6.45) is 2.87. The first kappa shape index (κ1) is 22.1. The van der Waals surface area contributed by atoms with E-state index >= 15 is 13.2 Å². The van der Waals surface area contributed by atoms with Gasteiger partial charge in [0.15, 0.2) is 5.65 Å². The van der Waals surface area contributed by atoms with Crippen LogP contribution in [0.1, 0.15) is 24.2 Å². The number of nitrogens with zero attached hydrogens (tertiary/aromatic N) is 6. The molecule has 0 radical (unpaired) electrons. The number of halogens is 4. The predicted octanol–water partition coefficient (Wildman–Crippen LogP) is 4.44. The number of benzene rings is 2. The van der Waals surface area contributed by atoms with Gasteiger partial charge in [0.1, 0.15) is 11.6 Å². The Kier molecular flexibility index (Phi) is 4.82. The molecule has 8 nitrogen and oxygen atoms in total. The highest BCUT2D eigenvalue weighted by molar-refractivity contribution is 5.94. The van der Waals surface area contributed by atoms with Gasteiger partial charge in [-0.05, 0) is 49.2 Å². The molecule has 1 N–H and O–H groups in total. The van der Waals surface area contributed by atoms with E-state index in [-0.39, 0.29) is 45.3 Å². The summed E-state index contributed by atoms with van der Waals surface area (Å²) in [5.41, 5.74) is -0.197. The Balaban J connectivity index is 1.39. The van der Waals surface area contributed by atoms with Crippen LogP contribution < -0.4 is 5.32 Å². The van der Waals surface area contributed by atoms with E-state index in [4.69, 9.17) is 0 Å². The monoisotopic (exact) mass is 495 g/mol. The van der Waals surface area contributed by atoms with Crippen molar-refractivity contribution in [2.45, 2.75) is 18.8 Å². The minimum atomic E-state index is -3.89.